The van der Waals surface area contributed by atoms with E-state index in [0.717, 1.165) is 43.6 Å². The van der Waals surface area contributed by atoms with E-state index in [9.17, 15) is 9.59 Å². The smallest absolute Gasteiger partial charge is 0.242 e. The fourth-order valence-corrected chi connectivity index (χ4v) is 3.11. The van der Waals surface area contributed by atoms with E-state index >= 15 is 0 Å². The van der Waals surface area contributed by atoms with Crippen molar-refractivity contribution in [3.8, 4) is 0 Å². The number of ketones is 1. The Balaban J connectivity index is 1.79. The lowest BCUT2D eigenvalue weighted by Crippen LogP contribution is -2.41. The van der Waals surface area contributed by atoms with Gasteiger partial charge in [0.15, 0.2) is 5.78 Å². The third-order valence-electron chi connectivity index (χ3n) is 4.35. The summed E-state index contributed by atoms with van der Waals surface area (Å²) in [5.74, 6) is 0.374. The van der Waals surface area contributed by atoms with Crippen LogP contribution in [0.1, 0.15) is 43.0 Å². The molecule has 1 heterocycles. The molecule has 1 amide bonds. The van der Waals surface area contributed by atoms with Gasteiger partial charge in [-0.2, -0.15) is 0 Å². The van der Waals surface area contributed by atoms with Crippen molar-refractivity contribution in [1.29, 1.82) is 0 Å². The van der Waals surface area contributed by atoms with Gasteiger partial charge in [-0.25, -0.2) is 0 Å². The van der Waals surface area contributed by atoms with Gasteiger partial charge in [-0.05, 0) is 38.3 Å². The number of hydrogen-bond donors (Lipinski definition) is 0. The monoisotopic (exact) mass is 286 g/mol. The van der Waals surface area contributed by atoms with Gasteiger partial charge in [0.1, 0.15) is 0 Å². The number of para-hydroxylation sites is 1. The van der Waals surface area contributed by atoms with Crippen LogP contribution in [0.5, 0.6) is 0 Å². The number of Topliss-reactive ketones (excluding diaryl/α,β-unsaturated/α-hetero) is 1. The van der Waals surface area contributed by atoms with Crippen molar-refractivity contribution in [2.45, 2.75) is 38.6 Å². The summed E-state index contributed by atoms with van der Waals surface area (Å²) in [5.41, 5.74) is 1.68. The van der Waals surface area contributed by atoms with Crippen molar-refractivity contribution in [3.05, 3.63) is 29.8 Å². The van der Waals surface area contributed by atoms with Crippen LogP contribution in [0, 0.1) is 0 Å². The summed E-state index contributed by atoms with van der Waals surface area (Å²) in [5, 5.41) is 0. The highest BCUT2D eigenvalue weighted by Gasteiger charge is 2.32. The molecule has 0 unspecified atom stereocenters. The second-order valence-corrected chi connectivity index (χ2v) is 5.88. The van der Waals surface area contributed by atoms with Gasteiger partial charge in [0, 0.05) is 36.8 Å². The first-order chi connectivity index (χ1) is 10.2. The number of likely N-dealkylation sites (N-methyl/N-ethyl adjacent to an activating group) is 1. The molecule has 1 fully saturated rings. The predicted molar refractivity (Wildman–Crippen MR) is 82.6 cm³/mol. The molecule has 0 spiro atoms. The fourth-order valence-electron chi connectivity index (χ4n) is 3.11. The second kappa shape index (κ2) is 5.88. The minimum absolute atomic E-state index is 0.184. The Kier molecular flexibility index (Phi) is 3.95. The molecule has 0 saturated heterocycles. The minimum atomic E-state index is 0.184. The third-order valence-corrected chi connectivity index (χ3v) is 4.35. The normalized spacial score (nSPS) is 18.1. The first kappa shape index (κ1) is 14.1. The molecule has 21 heavy (non-hydrogen) atoms. The predicted octanol–water partition coefficient (Wildman–Crippen LogP) is 2.48. The Morgan fingerprint density at radius 3 is 2.81 bits per heavy atom. The van der Waals surface area contributed by atoms with Crippen LogP contribution in [-0.4, -0.2) is 42.3 Å². The molecule has 1 saturated carbocycles. The molecule has 4 heteroatoms. The Bertz CT molecular complexity index is 551. The van der Waals surface area contributed by atoms with E-state index in [1.54, 1.807) is 0 Å². The van der Waals surface area contributed by atoms with E-state index in [0.29, 0.717) is 19.0 Å². The molecule has 0 bridgehead atoms. The summed E-state index contributed by atoms with van der Waals surface area (Å²) in [6.45, 7) is 3.97. The van der Waals surface area contributed by atoms with Crippen molar-refractivity contribution in [1.82, 2.24) is 4.90 Å². The number of fused-ring (bicyclic) bond motifs is 1. The average molecular weight is 286 g/mol. The van der Waals surface area contributed by atoms with Crippen LogP contribution in [0.4, 0.5) is 5.69 Å². The standard InChI is InChI=1S/C17H22N2O2/c1-2-19(13-9-10-13)17(21)12-18-11-5-8-16(20)14-6-3-4-7-15(14)18/h3-4,6-7,13H,2,5,8-12H2,1H3. The number of anilines is 1. The molecule has 1 aromatic rings. The molecule has 0 aromatic heterocycles. The number of nitrogens with zero attached hydrogens (tertiary/aromatic N) is 2. The van der Waals surface area contributed by atoms with Gasteiger partial charge >= 0.3 is 0 Å². The fraction of sp³-hybridized carbons (Fsp3) is 0.529. The van der Waals surface area contributed by atoms with Gasteiger partial charge in [-0.3, -0.25) is 9.59 Å². The van der Waals surface area contributed by atoms with Crippen molar-refractivity contribution < 1.29 is 9.59 Å². The van der Waals surface area contributed by atoms with Gasteiger partial charge in [0.05, 0.1) is 6.54 Å². The van der Waals surface area contributed by atoms with Crippen LogP contribution in [0.3, 0.4) is 0 Å². The molecule has 3 rings (SSSR count). The Hall–Kier alpha value is -1.84. The van der Waals surface area contributed by atoms with Gasteiger partial charge in [0.2, 0.25) is 5.91 Å². The second-order valence-electron chi connectivity index (χ2n) is 5.88. The molecule has 0 N–H and O–H groups in total. The number of rotatable bonds is 4. The Morgan fingerprint density at radius 2 is 2.10 bits per heavy atom. The largest absolute Gasteiger partial charge is 0.362 e. The summed E-state index contributed by atoms with van der Waals surface area (Å²) in [7, 11) is 0. The maximum Gasteiger partial charge on any atom is 0.242 e. The third kappa shape index (κ3) is 2.94. The number of carbonyl (C=O) groups is 2. The van der Waals surface area contributed by atoms with Crippen LogP contribution >= 0.6 is 0 Å². The lowest BCUT2D eigenvalue weighted by atomic mass is 10.1. The molecule has 0 radical (unpaired) electrons. The van der Waals surface area contributed by atoms with E-state index in [-0.39, 0.29) is 11.7 Å². The zero-order valence-corrected chi connectivity index (χ0v) is 12.5. The number of amides is 1. The van der Waals surface area contributed by atoms with Crippen molar-refractivity contribution in [2.24, 2.45) is 0 Å². The first-order valence-corrected chi connectivity index (χ1v) is 7.87. The molecule has 1 aliphatic heterocycles. The van der Waals surface area contributed by atoms with E-state index < -0.39 is 0 Å². The topological polar surface area (TPSA) is 40.6 Å². The van der Waals surface area contributed by atoms with Crippen LogP contribution in [-0.2, 0) is 4.79 Å². The van der Waals surface area contributed by atoms with Gasteiger partial charge in [-0.15, -0.1) is 0 Å². The number of hydrogen-bond acceptors (Lipinski definition) is 3. The molecular formula is C17H22N2O2. The Labute approximate surface area is 125 Å². The Morgan fingerprint density at radius 1 is 1.33 bits per heavy atom. The highest BCUT2D eigenvalue weighted by Crippen LogP contribution is 2.29. The molecule has 0 atom stereocenters. The summed E-state index contributed by atoms with van der Waals surface area (Å²) in [6.07, 6.45) is 3.65. The van der Waals surface area contributed by atoms with E-state index in [1.807, 2.05) is 36.1 Å². The first-order valence-electron chi connectivity index (χ1n) is 7.87. The molecule has 2 aliphatic rings. The van der Waals surface area contributed by atoms with E-state index in [4.69, 9.17) is 0 Å². The summed E-state index contributed by atoms with van der Waals surface area (Å²) < 4.78 is 0. The highest BCUT2D eigenvalue weighted by atomic mass is 16.2. The molecular weight excluding hydrogens is 264 g/mol. The van der Waals surface area contributed by atoms with Crippen molar-refractivity contribution in [3.63, 3.8) is 0 Å². The molecule has 4 nitrogen and oxygen atoms in total. The maximum absolute atomic E-state index is 12.5. The van der Waals surface area contributed by atoms with Crippen molar-refractivity contribution >= 4 is 17.4 Å². The SMILES string of the molecule is CCN(C(=O)CN1CCCC(=O)c2ccccc21)C1CC1. The van der Waals surface area contributed by atoms with Crippen LogP contribution in [0.25, 0.3) is 0 Å². The van der Waals surface area contributed by atoms with E-state index in [2.05, 4.69) is 4.90 Å². The van der Waals surface area contributed by atoms with Crippen LogP contribution in [0.2, 0.25) is 0 Å². The molecule has 112 valence electrons. The van der Waals surface area contributed by atoms with Gasteiger partial charge in [0.25, 0.3) is 0 Å². The van der Waals surface area contributed by atoms with Crippen LogP contribution in [0.15, 0.2) is 24.3 Å². The van der Waals surface area contributed by atoms with Crippen molar-refractivity contribution in [2.75, 3.05) is 24.5 Å². The lowest BCUT2D eigenvalue weighted by Gasteiger charge is -2.28. The zero-order valence-electron chi connectivity index (χ0n) is 12.5. The summed E-state index contributed by atoms with van der Waals surface area (Å²) in [6, 6.07) is 8.11. The summed E-state index contributed by atoms with van der Waals surface area (Å²) >= 11 is 0. The van der Waals surface area contributed by atoms with E-state index in [1.165, 1.54) is 0 Å². The highest BCUT2D eigenvalue weighted by molar-refractivity contribution is 6.02. The lowest BCUT2D eigenvalue weighted by molar-refractivity contribution is -0.130. The minimum Gasteiger partial charge on any atom is -0.362 e. The summed E-state index contributed by atoms with van der Waals surface area (Å²) in [4.78, 5) is 28.7. The zero-order chi connectivity index (χ0) is 14.8. The molecule has 1 aliphatic carbocycles. The van der Waals surface area contributed by atoms with Gasteiger partial charge < -0.3 is 9.80 Å². The average Bonchev–Trinajstić information content (AvgIpc) is 3.31. The molecule has 1 aromatic carbocycles. The maximum atomic E-state index is 12.5. The van der Waals surface area contributed by atoms with Crippen LogP contribution < -0.4 is 4.90 Å². The van der Waals surface area contributed by atoms with Gasteiger partial charge in [-0.1, -0.05) is 12.1 Å². The quantitative estimate of drug-likeness (QED) is 0.854. The number of benzene rings is 1. The number of carbonyl (C=O) groups excluding carboxylic acids is 2.